The summed E-state index contributed by atoms with van der Waals surface area (Å²) < 4.78 is 40.7. The Morgan fingerprint density at radius 3 is 2.49 bits per heavy atom. The zero-order valence-electron chi connectivity index (χ0n) is 20.7. The molecule has 2 N–H and O–H groups in total. The van der Waals surface area contributed by atoms with Gasteiger partial charge in [0.2, 0.25) is 0 Å². The van der Waals surface area contributed by atoms with Gasteiger partial charge in [-0.25, -0.2) is 9.97 Å². The summed E-state index contributed by atoms with van der Waals surface area (Å²) in [5.74, 6) is 0.293. The molecule has 0 aliphatic carbocycles. The molecule has 5 aromatic rings. The molecule has 0 atom stereocenters. The number of rotatable bonds is 5. The number of halogens is 3. The van der Waals surface area contributed by atoms with Gasteiger partial charge >= 0.3 is 6.18 Å². The van der Waals surface area contributed by atoms with Gasteiger partial charge in [0, 0.05) is 53.9 Å². The largest absolute Gasteiger partial charge is 0.416 e. The average molecular weight is 531 g/mol. The lowest BCUT2D eigenvalue weighted by Gasteiger charge is -2.14. The Morgan fingerprint density at radius 2 is 1.74 bits per heavy atom. The minimum absolute atomic E-state index is 0.134. The van der Waals surface area contributed by atoms with Gasteiger partial charge in [0.15, 0.2) is 0 Å². The van der Waals surface area contributed by atoms with Crippen LogP contribution in [-0.4, -0.2) is 25.4 Å². The van der Waals surface area contributed by atoms with Crippen LogP contribution in [0.15, 0.2) is 84.2 Å². The number of carbonyl (C=O) groups is 1. The fourth-order valence-electron chi connectivity index (χ4n) is 4.15. The van der Waals surface area contributed by atoms with E-state index in [0.717, 1.165) is 17.7 Å². The Labute approximate surface area is 220 Å². The zero-order chi connectivity index (χ0) is 27.7. The van der Waals surface area contributed by atoms with Crippen molar-refractivity contribution in [2.45, 2.75) is 13.1 Å². The molecular formula is C28H21F3N6O2. The van der Waals surface area contributed by atoms with E-state index in [1.165, 1.54) is 16.7 Å². The van der Waals surface area contributed by atoms with Crippen LogP contribution >= 0.6 is 0 Å². The highest BCUT2D eigenvalue weighted by Crippen LogP contribution is 2.30. The van der Waals surface area contributed by atoms with Crippen LogP contribution in [0.3, 0.4) is 0 Å². The summed E-state index contributed by atoms with van der Waals surface area (Å²) in [5, 5.41) is 6.38. The fourth-order valence-corrected chi connectivity index (χ4v) is 4.15. The molecule has 196 valence electrons. The Morgan fingerprint density at radius 1 is 0.923 bits per heavy atom. The maximum atomic E-state index is 13.4. The number of nitrogens with one attached hydrogen (secondary N) is 2. The lowest BCUT2D eigenvalue weighted by Crippen LogP contribution is -2.19. The molecule has 0 radical (unpaired) electrons. The third kappa shape index (κ3) is 5.33. The van der Waals surface area contributed by atoms with Crippen molar-refractivity contribution in [2.75, 3.05) is 10.6 Å². The van der Waals surface area contributed by atoms with Gasteiger partial charge in [-0.15, -0.1) is 0 Å². The normalized spacial score (nSPS) is 11.4. The van der Waals surface area contributed by atoms with Crippen LogP contribution in [0.4, 0.5) is 30.5 Å². The number of hydrogen-bond donors (Lipinski definition) is 2. The van der Waals surface area contributed by atoms with Crippen LogP contribution in [-0.2, 0) is 13.2 Å². The van der Waals surface area contributed by atoms with Gasteiger partial charge in [-0.2, -0.15) is 13.2 Å². The predicted molar refractivity (Wildman–Crippen MR) is 142 cm³/mol. The highest BCUT2D eigenvalue weighted by atomic mass is 19.4. The molecule has 39 heavy (non-hydrogen) atoms. The van der Waals surface area contributed by atoms with Crippen molar-refractivity contribution >= 4 is 34.1 Å². The van der Waals surface area contributed by atoms with Gasteiger partial charge in [0.05, 0.1) is 17.3 Å². The van der Waals surface area contributed by atoms with Gasteiger partial charge in [0.1, 0.15) is 11.6 Å². The Bertz CT molecular complexity index is 1770. The number of hydrogen-bond acceptors (Lipinski definition) is 6. The molecule has 0 spiro atoms. The van der Waals surface area contributed by atoms with Crippen LogP contribution in [0.1, 0.15) is 21.5 Å². The molecule has 3 heterocycles. The molecule has 0 fully saturated rings. The maximum absolute atomic E-state index is 13.4. The molecule has 2 aromatic carbocycles. The van der Waals surface area contributed by atoms with Gasteiger partial charge in [0.25, 0.3) is 11.5 Å². The van der Waals surface area contributed by atoms with Crippen molar-refractivity contribution < 1.29 is 18.0 Å². The lowest BCUT2D eigenvalue weighted by molar-refractivity contribution is -0.137. The first-order valence-corrected chi connectivity index (χ1v) is 11.7. The van der Waals surface area contributed by atoms with Gasteiger partial charge in [-0.1, -0.05) is 12.1 Å². The first kappa shape index (κ1) is 25.6. The summed E-state index contributed by atoms with van der Waals surface area (Å²) >= 11 is 0. The molecule has 11 heteroatoms. The summed E-state index contributed by atoms with van der Waals surface area (Å²) in [5.41, 5.74) is 1.38. The number of carbonyl (C=O) groups excluding carboxylic acids is 1. The highest BCUT2D eigenvalue weighted by molar-refractivity contribution is 6.04. The van der Waals surface area contributed by atoms with Crippen molar-refractivity contribution in [2.24, 2.45) is 7.05 Å². The van der Waals surface area contributed by atoms with Gasteiger partial charge in [-0.05, 0) is 54.4 Å². The molecule has 0 saturated carbocycles. The summed E-state index contributed by atoms with van der Waals surface area (Å²) in [4.78, 5) is 38.7. The van der Waals surface area contributed by atoms with E-state index in [4.69, 9.17) is 0 Å². The first-order valence-electron chi connectivity index (χ1n) is 11.7. The van der Waals surface area contributed by atoms with E-state index in [0.29, 0.717) is 39.4 Å². The number of nitrogens with zero attached hydrogens (tertiary/aromatic N) is 4. The second kappa shape index (κ2) is 10.0. The molecule has 0 bridgehead atoms. The van der Waals surface area contributed by atoms with Crippen LogP contribution in [0, 0.1) is 6.92 Å². The number of benzene rings is 2. The van der Waals surface area contributed by atoms with Crippen molar-refractivity contribution in [1.82, 2.24) is 19.5 Å². The highest BCUT2D eigenvalue weighted by Gasteiger charge is 2.31. The third-order valence-electron chi connectivity index (χ3n) is 6.17. The van der Waals surface area contributed by atoms with E-state index in [1.54, 1.807) is 62.2 Å². The number of aromatic nitrogens is 4. The van der Waals surface area contributed by atoms with Crippen molar-refractivity contribution in [3.05, 3.63) is 106 Å². The Balaban J connectivity index is 1.47. The molecular weight excluding hydrogens is 509 g/mol. The summed E-state index contributed by atoms with van der Waals surface area (Å²) in [6, 6.07) is 12.6. The topological polar surface area (TPSA) is 102 Å². The monoisotopic (exact) mass is 530 g/mol. The van der Waals surface area contributed by atoms with Gasteiger partial charge in [-0.3, -0.25) is 14.6 Å². The molecule has 1 amide bonds. The van der Waals surface area contributed by atoms with Crippen molar-refractivity contribution in [3.8, 4) is 11.1 Å². The van der Waals surface area contributed by atoms with E-state index in [9.17, 15) is 22.8 Å². The smallest absolute Gasteiger partial charge is 0.324 e. The molecule has 5 rings (SSSR count). The summed E-state index contributed by atoms with van der Waals surface area (Å²) in [7, 11) is 1.65. The molecule has 0 unspecified atom stereocenters. The maximum Gasteiger partial charge on any atom is 0.416 e. The summed E-state index contributed by atoms with van der Waals surface area (Å²) in [6.07, 6.45) is 1.72. The standard InChI is InChI=1S/C28H21F3N6O2/c1-16-6-7-20(35-26(38)17-4-3-5-19(10-17)28(29,30)31)12-21(16)22-11-18-14-34-24(13-23(18)37(2)27(22)39)36-25-15-32-8-9-33-25/h3-15H,1-2H3,(H,35,38)(H,33,34,36). The molecule has 0 aliphatic heterocycles. The third-order valence-corrected chi connectivity index (χ3v) is 6.17. The zero-order valence-corrected chi connectivity index (χ0v) is 20.7. The van der Waals surface area contributed by atoms with Crippen LogP contribution in [0.2, 0.25) is 0 Å². The van der Waals surface area contributed by atoms with Gasteiger partial charge < -0.3 is 15.2 Å². The molecule has 3 aromatic heterocycles. The van der Waals surface area contributed by atoms with Crippen LogP contribution in [0.5, 0.6) is 0 Å². The van der Waals surface area contributed by atoms with E-state index < -0.39 is 17.6 Å². The van der Waals surface area contributed by atoms with E-state index >= 15 is 0 Å². The minimum atomic E-state index is -4.56. The first-order chi connectivity index (χ1) is 18.6. The number of aryl methyl sites for hydroxylation is 2. The summed E-state index contributed by atoms with van der Waals surface area (Å²) in [6.45, 7) is 1.82. The average Bonchev–Trinajstić information content (AvgIpc) is 2.92. The quantitative estimate of drug-likeness (QED) is 0.302. The van der Waals surface area contributed by atoms with Crippen LogP contribution < -0.4 is 16.2 Å². The van der Waals surface area contributed by atoms with Crippen LogP contribution in [0.25, 0.3) is 22.0 Å². The minimum Gasteiger partial charge on any atom is -0.324 e. The second-order valence-electron chi connectivity index (χ2n) is 8.83. The number of amides is 1. The van der Waals surface area contributed by atoms with Crippen molar-refractivity contribution in [3.63, 3.8) is 0 Å². The predicted octanol–water partition coefficient (Wildman–Crippen LogP) is 5.71. The van der Waals surface area contributed by atoms with Crippen molar-refractivity contribution in [1.29, 1.82) is 0 Å². The van der Waals surface area contributed by atoms with E-state index in [-0.39, 0.29) is 11.1 Å². The lowest BCUT2D eigenvalue weighted by atomic mass is 9.99. The number of alkyl halides is 3. The van der Waals surface area contributed by atoms with E-state index in [1.807, 2.05) is 6.92 Å². The van der Waals surface area contributed by atoms with E-state index in [2.05, 4.69) is 25.6 Å². The Hall–Kier alpha value is -5.06. The Kier molecular flexibility index (Phi) is 6.57. The molecule has 8 nitrogen and oxygen atoms in total. The molecule has 0 saturated heterocycles. The number of fused-ring (bicyclic) bond motifs is 1. The SMILES string of the molecule is Cc1ccc(NC(=O)c2cccc(C(F)(F)F)c2)cc1-c1cc2cnc(Nc3cnccn3)cc2n(C)c1=O. The number of pyridine rings is 2. The number of anilines is 3. The fraction of sp³-hybridized carbons (Fsp3) is 0.107. The second-order valence-corrected chi connectivity index (χ2v) is 8.83. The molecule has 0 aliphatic rings.